The lowest BCUT2D eigenvalue weighted by Gasteiger charge is -2.37. The highest BCUT2D eigenvalue weighted by Crippen LogP contribution is 2.25. The maximum absolute atomic E-state index is 13.4. The number of fused-ring (bicyclic) bond motifs is 1. The van der Waals surface area contributed by atoms with Crippen molar-refractivity contribution in [3.8, 4) is 0 Å². The molecule has 0 fully saturated rings. The molecule has 1 aliphatic rings. The monoisotopic (exact) mass is 438 g/mol. The number of ether oxygens (including phenoxy) is 2. The molecular weight excluding hydrogens is 408 g/mol. The molecule has 1 N–H and O–H groups in total. The first kappa shape index (κ1) is 23.5. The van der Waals surface area contributed by atoms with E-state index in [1.807, 2.05) is 54.6 Å². The molecule has 0 aromatic heterocycles. The van der Waals surface area contributed by atoms with E-state index in [1.165, 1.54) is 19.1 Å². The summed E-state index contributed by atoms with van der Waals surface area (Å²) in [7, 11) is 2.66. The second kappa shape index (κ2) is 10.9. The van der Waals surface area contributed by atoms with Crippen LogP contribution in [0.1, 0.15) is 30.0 Å². The molecule has 3 atom stereocenters. The van der Waals surface area contributed by atoms with E-state index in [4.69, 9.17) is 9.47 Å². The summed E-state index contributed by atoms with van der Waals surface area (Å²) in [6.45, 7) is 2.02. The molecule has 0 saturated heterocycles. The number of carbonyl (C=O) groups is 3. The van der Waals surface area contributed by atoms with Crippen LogP contribution in [0.4, 0.5) is 0 Å². The number of aryl methyl sites for hydroxylation is 1. The van der Waals surface area contributed by atoms with Crippen molar-refractivity contribution >= 4 is 17.8 Å². The maximum atomic E-state index is 13.4. The lowest BCUT2D eigenvalue weighted by atomic mass is 9.93. The Morgan fingerprint density at radius 1 is 1.00 bits per heavy atom. The summed E-state index contributed by atoms with van der Waals surface area (Å²) in [5.74, 6) is -1.13. The summed E-state index contributed by atoms with van der Waals surface area (Å²) in [5.41, 5.74) is 3.13. The summed E-state index contributed by atoms with van der Waals surface area (Å²) in [4.78, 5) is 39.7. The number of amides is 1. The van der Waals surface area contributed by atoms with Crippen LogP contribution in [0.2, 0.25) is 0 Å². The number of hydrogen-bond donors (Lipinski definition) is 1. The van der Waals surface area contributed by atoms with Crippen LogP contribution >= 0.6 is 0 Å². The van der Waals surface area contributed by atoms with Crippen LogP contribution in [0.25, 0.3) is 0 Å². The minimum Gasteiger partial charge on any atom is -0.468 e. The van der Waals surface area contributed by atoms with Gasteiger partial charge in [-0.3, -0.25) is 14.9 Å². The highest BCUT2D eigenvalue weighted by molar-refractivity contribution is 5.88. The van der Waals surface area contributed by atoms with Crippen molar-refractivity contribution in [2.24, 2.45) is 0 Å². The van der Waals surface area contributed by atoms with E-state index in [0.29, 0.717) is 25.8 Å². The zero-order chi connectivity index (χ0) is 23.1. The van der Waals surface area contributed by atoms with Crippen LogP contribution in [0.5, 0.6) is 0 Å². The molecule has 0 radical (unpaired) electrons. The highest BCUT2D eigenvalue weighted by Gasteiger charge is 2.37. The fourth-order valence-corrected chi connectivity index (χ4v) is 4.09. The molecule has 0 saturated carbocycles. The minimum absolute atomic E-state index is 0.261. The molecule has 1 amide bonds. The number of nitrogens with one attached hydrogen (secondary N) is 1. The summed E-state index contributed by atoms with van der Waals surface area (Å²) in [5, 5.41) is 3.12. The van der Waals surface area contributed by atoms with Gasteiger partial charge in [0.05, 0.1) is 20.3 Å². The van der Waals surface area contributed by atoms with Gasteiger partial charge < -0.3 is 14.4 Å². The first-order valence-corrected chi connectivity index (χ1v) is 10.8. The molecule has 0 bridgehead atoms. The quantitative estimate of drug-likeness (QED) is 0.637. The third-order valence-electron chi connectivity index (χ3n) is 5.88. The maximum Gasteiger partial charge on any atom is 0.328 e. The average Bonchev–Trinajstić information content (AvgIpc) is 2.84. The van der Waals surface area contributed by atoms with Gasteiger partial charge >= 0.3 is 11.9 Å². The summed E-state index contributed by atoms with van der Waals surface area (Å²) in [6.07, 6.45) is 1.55. The lowest BCUT2D eigenvalue weighted by molar-refractivity contribution is -0.155. The van der Waals surface area contributed by atoms with Crippen LogP contribution in [-0.2, 0) is 43.2 Å². The van der Waals surface area contributed by atoms with Gasteiger partial charge in [-0.05, 0) is 36.5 Å². The number of hydrogen-bond acceptors (Lipinski definition) is 6. The Balaban J connectivity index is 1.73. The van der Waals surface area contributed by atoms with Crippen LogP contribution in [0.15, 0.2) is 54.6 Å². The smallest absolute Gasteiger partial charge is 0.328 e. The van der Waals surface area contributed by atoms with Crippen LogP contribution in [-0.4, -0.2) is 55.1 Å². The standard InChI is InChI=1S/C25H30N2O5/c1-17(26-21(24(29)31-2)14-13-18-9-5-4-6-10-18)23(28)27-16-20-12-8-7-11-19(20)15-22(27)25(30)32-3/h4-12,17,21-22,26H,13-16H2,1-3H3/t17-,21-,22-/m0/s1. The largest absolute Gasteiger partial charge is 0.468 e. The van der Waals surface area contributed by atoms with E-state index < -0.39 is 30.1 Å². The van der Waals surface area contributed by atoms with Crippen molar-refractivity contribution in [3.05, 3.63) is 71.3 Å². The molecule has 2 aromatic carbocycles. The van der Waals surface area contributed by atoms with Crippen LogP contribution in [0.3, 0.4) is 0 Å². The van der Waals surface area contributed by atoms with E-state index in [1.54, 1.807) is 6.92 Å². The summed E-state index contributed by atoms with van der Waals surface area (Å²) in [6, 6.07) is 15.5. The third kappa shape index (κ3) is 5.53. The van der Waals surface area contributed by atoms with Gasteiger partial charge in [0.25, 0.3) is 0 Å². The first-order valence-electron chi connectivity index (χ1n) is 10.8. The molecule has 0 unspecified atom stereocenters. The predicted octanol–water partition coefficient (Wildman–Crippen LogP) is 2.27. The number of carbonyl (C=O) groups excluding carboxylic acids is 3. The number of benzene rings is 2. The molecule has 1 heterocycles. The molecule has 1 aliphatic heterocycles. The van der Waals surface area contributed by atoms with E-state index in [2.05, 4.69) is 5.32 Å². The summed E-state index contributed by atoms with van der Waals surface area (Å²) < 4.78 is 9.91. The van der Waals surface area contributed by atoms with Crippen molar-refractivity contribution in [1.82, 2.24) is 10.2 Å². The zero-order valence-corrected chi connectivity index (χ0v) is 18.7. The molecule has 32 heavy (non-hydrogen) atoms. The second-order valence-electron chi connectivity index (χ2n) is 7.97. The van der Waals surface area contributed by atoms with Crippen LogP contribution < -0.4 is 5.32 Å². The van der Waals surface area contributed by atoms with Crippen LogP contribution in [0, 0.1) is 0 Å². The van der Waals surface area contributed by atoms with Gasteiger partial charge in [-0.25, -0.2) is 4.79 Å². The number of methoxy groups -OCH3 is 2. The Hall–Kier alpha value is -3.19. The lowest BCUT2D eigenvalue weighted by Crippen LogP contribution is -2.56. The van der Waals surface area contributed by atoms with Crippen molar-refractivity contribution in [1.29, 1.82) is 0 Å². The van der Waals surface area contributed by atoms with Crippen molar-refractivity contribution in [2.45, 2.75) is 50.9 Å². The topological polar surface area (TPSA) is 84.9 Å². The van der Waals surface area contributed by atoms with Crippen molar-refractivity contribution in [3.63, 3.8) is 0 Å². The SMILES string of the molecule is COC(=O)[C@H](CCc1ccccc1)N[C@@H](C)C(=O)N1Cc2ccccc2C[C@H]1C(=O)OC. The number of rotatable bonds is 8. The number of nitrogens with zero attached hydrogens (tertiary/aromatic N) is 1. The first-order chi connectivity index (χ1) is 15.4. The molecule has 0 aliphatic carbocycles. The molecule has 170 valence electrons. The van der Waals surface area contributed by atoms with E-state index >= 15 is 0 Å². The Morgan fingerprint density at radius 2 is 1.66 bits per heavy atom. The van der Waals surface area contributed by atoms with E-state index in [0.717, 1.165) is 16.7 Å². The second-order valence-corrected chi connectivity index (χ2v) is 7.97. The minimum atomic E-state index is -0.701. The van der Waals surface area contributed by atoms with E-state index in [-0.39, 0.29) is 5.91 Å². The Labute approximate surface area is 188 Å². The highest BCUT2D eigenvalue weighted by atomic mass is 16.5. The molecule has 0 spiro atoms. The molecule has 3 rings (SSSR count). The van der Waals surface area contributed by atoms with Gasteiger partial charge in [-0.15, -0.1) is 0 Å². The summed E-state index contributed by atoms with van der Waals surface area (Å²) >= 11 is 0. The normalized spacial score (nSPS) is 17.1. The Kier molecular flexibility index (Phi) is 8.00. The molecule has 7 heteroatoms. The zero-order valence-electron chi connectivity index (χ0n) is 18.7. The number of esters is 2. The van der Waals surface area contributed by atoms with Gasteiger partial charge in [0.1, 0.15) is 12.1 Å². The van der Waals surface area contributed by atoms with Gasteiger partial charge in [0.15, 0.2) is 0 Å². The Morgan fingerprint density at radius 3 is 2.31 bits per heavy atom. The fraction of sp³-hybridized carbons (Fsp3) is 0.400. The molecule has 7 nitrogen and oxygen atoms in total. The fourth-order valence-electron chi connectivity index (χ4n) is 4.09. The third-order valence-corrected chi connectivity index (χ3v) is 5.88. The van der Waals surface area contributed by atoms with Gasteiger partial charge in [-0.2, -0.15) is 0 Å². The van der Waals surface area contributed by atoms with Crippen molar-refractivity contribution < 1.29 is 23.9 Å². The van der Waals surface area contributed by atoms with Gasteiger partial charge in [-0.1, -0.05) is 54.6 Å². The Bertz CT molecular complexity index is 946. The molecule has 2 aromatic rings. The van der Waals surface area contributed by atoms with Gasteiger partial charge in [0, 0.05) is 13.0 Å². The predicted molar refractivity (Wildman–Crippen MR) is 120 cm³/mol. The average molecular weight is 439 g/mol. The van der Waals surface area contributed by atoms with Gasteiger partial charge in [0.2, 0.25) is 5.91 Å². The van der Waals surface area contributed by atoms with E-state index in [9.17, 15) is 14.4 Å². The van der Waals surface area contributed by atoms with Crippen molar-refractivity contribution in [2.75, 3.05) is 14.2 Å². The molecular formula is C25H30N2O5.